The van der Waals surface area contributed by atoms with Gasteiger partial charge in [-0.05, 0) is 31.2 Å². The normalized spacial score (nSPS) is 26.1. The molecule has 1 saturated carbocycles. The summed E-state index contributed by atoms with van der Waals surface area (Å²) in [6.07, 6.45) is 6.10. The lowest BCUT2D eigenvalue weighted by molar-refractivity contribution is -0.134. The first kappa shape index (κ1) is 19.9. The van der Waals surface area contributed by atoms with E-state index in [1.165, 1.54) is 6.42 Å². The first-order chi connectivity index (χ1) is 15.0. The molecule has 3 heterocycles. The van der Waals surface area contributed by atoms with E-state index in [1.807, 2.05) is 47.9 Å². The molecule has 3 atom stereocenters. The minimum Gasteiger partial charge on any atom is -0.463 e. The lowest BCUT2D eigenvalue weighted by atomic mass is 9.85. The Bertz CT molecular complexity index is 1120. The molecule has 2 aliphatic rings. The molecule has 0 bridgehead atoms. The second-order valence-corrected chi connectivity index (χ2v) is 9.28. The SMILES string of the molecule is C[C@@H]1CCCC[C@@H]1NC(=O)[C@@]1(C)Cn2c(cc3occc32)C(=O)N1Cc1ccccc1. The van der Waals surface area contributed by atoms with Crippen molar-refractivity contribution in [1.82, 2.24) is 14.8 Å². The number of aromatic nitrogens is 1. The fourth-order valence-electron chi connectivity index (χ4n) is 5.14. The number of carbonyl (C=O) groups excluding carboxylic acids is 2. The lowest BCUT2D eigenvalue weighted by Crippen LogP contribution is -2.65. The summed E-state index contributed by atoms with van der Waals surface area (Å²) in [6, 6.07) is 13.7. The maximum absolute atomic E-state index is 13.7. The molecule has 6 heteroatoms. The number of nitrogens with zero attached hydrogens (tertiary/aromatic N) is 2. The molecule has 2 aromatic heterocycles. The van der Waals surface area contributed by atoms with Crippen LogP contribution in [0.2, 0.25) is 0 Å². The van der Waals surface area contributed by atoms with Crippen LogP contribution < -0.4 is 5.32 Å². The largest absolute Gasteiger partial charge is 0.463 e. The van der Waals surface area contributed by atoms with Crippen LogP contribution in [0.4, 0.5) is 0 Å². The Morgan fingerprint density at radius 3 is 2.74 bits per heavy atom. The molecule has 1 aromatic carbocycles. The van der Waals surface area contributed by atoms with E-state index in [2.05, 4.69) is 12.2 Å². The second kappa shape index (κ2) is 7.59. The number of hydrogen-bond acceptors (Lipinski definition) is 3. The van der Waals surface area contributed by atoms with Gasteiger partial charge in [0.2, 0.25) is 5.91 Å². The molecular weight excluding hydrogens is 390 g/mol. The summed E-state index contributed by atoms with van der Waals surface area (Å²) in [4.78, 5) is 29.1. The highest BCUT2D eigenvalue weighted by Gasteiger charge is 2.48. The number of furan rings is 1. The fourth-order valence-corrected chi connectivity index (χ4v) is 5.14. The van der Waals surface area contributed by atoms with E-state index in [9.17, 15) is 9.59 Å². The first-order valence-corrected chi connectivity index (χ1v) is 11.2. The summed E-state index contributed by atoms with van der Waals surface area (Å²) >= 11 is 0. The van der Waals surface area contributed by atoms with Gasteiger partial charge in [0, 0.05) is 24.7 Å². The quantitative estimate of drug-likeness (QED) is 0.684. The molecule has 0 unspecified atom stereocenters. The van der Waals surface area contributed by atoms with Crippen LogP contribution in [0.25, 0.3) is 11.1 Å². The summed E-state index contributed by atoms with van der Waals surface area (Å²) in [5.41, 5.74) is 2.10. The molecule has 2 amide bonds. The highest BCUT2D eigenvalue weighted by Crippen LogP contribution is 2.34. The summed E-state index contributed by atoms with van der Waals surface area (Å²) in [6.45, 7) is 4.89. The number of hydrogen-bond donors (Lipinski definition) is 1. The van der Waals surface area contributed by atoms with Crippen LogP contribution in [-0.2, 0) is 17.9 Å². The number of fused-ring (bicyclic) bond motifs is 3. The van der Waals surface area contributed by atoms with Crippen molar-refractivity contribution >= 4 is 22.9 Å². The number of amides is 2. The third kappa shape index (κ3) is 3.34. The standard InChI is InChI=1S/C25H29N3O3/c1-17-8-6-7-11-19(17)26-24(30)25(2)16-27-20-12-13-31-22(20)14-21(27)23(29)28(25)15-18-9-4-3-5-10-18/h3-5,9-10,12-14,17,19H,6-8,11,15-16H2,1-2H3,(H,26,30)/t17-,19+,25-/m1/s1. The highest BCUT2D eigenvalue weighted by molar-refractivity contribution is 6.02. The number of benzene rings is 1. The van der Waals surface area contributed by atoms with Crippen molar-refractivity contribution in [1.29, 1.82) is 0 Å². The van der Waals surface area contributed by atoms with Crippen LogP contribution in [-0.4, -0.2) is 32.9 Å². The van der Waals surface area contributed by atoms with Gasteiger partial charge >= 0.3 is 0 Å². The van der Waals surface area contributed by atoms with Gasteiger partial charge in [-0.25, -0.2) is 0 Å². The van der Waals surface area contributed by atoms with E-state index in [0.29, 0.717) is 30.3 Å². The zero-order valence-electron chi connectivity index (χ0n) is 18.1. The third-order valence-corrected chi connectivity index (χ3v) is 7.15. The van der Waals surface area contributed by atoms with E-state index in [1.54, 1.807) is 17.2 Å². The molecule has 0 radical (unpaired) electrons. The van der Waals surface area contributed by atoms with E-state index in [0.717, 1.165) is 30.3 Å². The lowest BCUT2D eigenvalue weighted by Gasteiger charge is -2.45. The maximum Gasteiger partial charge on any atom is 0.271 e. The molecule has 1 fully saturated rings. The maximum atomic E-state index is 13.7. The second-order valence-electron chi connectivity index (χ2n) is 9.28. The average molecular weight is 420 g/mol. The summed E-state index contributed by atoms with van der Waals surface area (Å²) < 4.78 is 7.48. The molecule has 31 heavy (non-hydrogen) atoms. The van der Waals surface area contributed by atoms with Crippen molar-refractivity contribution in [3.05, 3.63) is 60.0 Å². The molecule has 6 nitrogen and oxygen atoms in total. The van der Waals surface area contributed by atoms with Crippen molar-refractivity contribution in [2.45, 2.75) is 64.2 Å². The van der Waals surface area contributed by atoms with Gasteiger partial charge in [0.25, 0.3) is 5.91 Å². The molecule has 1 aliphatic heterocycles. The van der Waals surface area contributed by atoms with Crippen molar-refractivity contribution < 1.29 is 14.0 Å². The number of nitrogens with one attached hydrogen (secondary N) is 1. The van der Waals surface area contributed by atoms with Gasteiger partial charge in [0.15, 0.2) is 5.58 Å². The van der Waals surface area contributed by atoms with Gasteiger partial charge in [-0.3, -0.25) is 9.59 Å². The Morgan fingerprint density at radius 2 is 1.97 bits per heavy atom. The van der Waals surface area contributed by atoms with Crippen molar-refractivity contribution in [2.75, 3.05) is 0 Å². The Labute approximate surface area is 182 Å². The summed E-state index contributed by atoms with van der Waals surface area (Å²) in [5, 5.41) is 3.31. The Balaban J connectivity index is 1.53. The predicted octanol–water partition coefficient (Wildman–Crippen LogP) is 4.34. The third-order valence-electron chi connectivity index (χ3n) is 7.15. The summed E-state index contributed by atoms with van der Waals surface area (Å²) in [7, 11) is 0. The number of rotatable bonds is 4. The molecule has 5 rings (SSSR count). The zero-order valence-corrected chi connectivity index (χ0v) is 18.1. The van der Waals surface area contributed by atoms with Crippen molar-refractivity contribution in [2.24, 2.45) is 5.92 Å². The van der Waals surface area contributed by atoms with Crippen LogP contribution in [0.3, 0.4) is 0 Å². The Kier molecular flexibility index (Phi) is 4.88. The van der Waals surface area contributed by atoms with Gasteiger partial charge in [-0.1, -0.05) is 50.1 Å². The Morgan fingerprint density at radius 1 is 1.19 bits per heavy atom. The zero-order chi connectivity index (χ0) is 21.6. The van der Waals surface area contributed by atoms with Crippen LogP contribution in [0.15, 0.2) is 53.1 Å². The fraction of sp³-hybridized carbons (Fsp3) is 0.440. The molecule has 162 valence electrons. The van der Waals surface area contributed by atoms with Crippen LogP contribution in [0.5, 0.6) is 0 Å². The molecular formula is C25H29N3O3. The number of carbonyl (C=O) groups is 2. The highest BCUT2D eigenvalue weighted by atomic mass is 16.3. The minimum atomic E-state index is -1.000. The van der Waals surface area contributed by atoms with E-state index in [-0.39, 0.29) is 17.9 Å². The van der Waals surface area contributed by atoms with Crippen LogP contribution >= 0.6 is 0 Å². The molecule has 1 N–H and O–H groups in total. The van der Waals surface area contributed by atoms with E-state index < -0.39 is 5.54 Å². The van der Waals surface area contributed by atoms with Gasteiger partial charge in [0.1, 0.15) is 11.2 Å². The predicted molar refractivity (Wildman–Crippen MR) is 118 cm³/mol. The molecule has 0 spiro atoms. The average Bonchev–Trinajstić information content (AvgIpc) is 3.36. The topological polar surface area (TPSA) is 67.5 Å². The van der Waals surface area contributed by atoms with Gasteiger partial charge in [0.05, 0.1) is 18.3 Å². The minimum absolute atomic E-state index is 0.0773. The molecule has 0 saturated heterocycles. The van der Waals surface area contributed by atoms with Crippen LogP contribution in [0, 0.1) is 5.92 Å². The van der Waals surface area contributed by atoms with Gasteiger partial charge in [-0.15, -0.1) is 0 Å². The van der Waals surface area contributed by atoms with Crippen molar-refractivity contribution in [3.8, 4) is 0 Å². The first-order valence-electron chi connectivity index (χ1n) is 11.2. The monoisotopic (exact) mass is 419 g/mol. The van der Waals surface area contributed by atoms with E-state index >= 15 is 0 Å². The van der Waals surface area contributed by atoms with Gasteiger partial charge in [-0.2, -0.15) is 0 Å². The molecule has 3 aromatic rings. The summed E-state index contributed by atoms with van der Waals surface area (Å²) in [5.74, 6) is 0.230. The molecule has 1 aliphatic carbocycles. The smallest absolute Gasteiger partial charge is 0.271 e. The van der Waals surface area contributed by atoms with Crippen LogP contribution in [0.1, 0.15) is 55.6 Å². The van der Waals surface area contributed by atoms with Crippen molar-refractivity contribution in [3.63, 3.8) is 0 Å². The Hall–Kier alpha value is -3.02. The van der Waals surface area contributed by atoms with E-state index in [4.69, 9.17) is 4.42 Å². The van der Waals surface area contributed by atoms with Gasteiger partial charge < -0.3 is 19.2 Å².